The third-order valence-electron chi connectivity index (χ3n) is 3.30. The number of imidazole rings is 1. The molecule has 6 nitrogen and oxygen atoms in total. The van der Waals surface area contributed by atoms with E-state index in [-0.39, 0.29) is 5.91 Å². The van der Waals surface area contributed by atoms with E-state index in [0.29, 0.717) is 17.9 Å². The Bertz CT molecular complexity index is 692. The summed E-state index contributed by atoms with van der Waals surface area (Å²) in [5, 5.41) is 2.82. The zero-order valence-corrected chi connectivity index (χ0v) is 13.1. The number of aromatic amines is 1. The molecule has 0 radical (unpaired) electrons. The molecule has 7 heteroatoms. The minimum Gasteiger partial charge on any atom is -0.497 e. The normalized spacial score (nSPS) is 12.3. The number of benzene rings is 1. The van der Waals surface area contributed by atoms with Gasteiger partial charge >= 0.3 is 0 Å². The van der Waals surface area contributed by atoms with Gasteiger partial charge in [-0.05, 0) is 31.3 Å². The average Bonchev–Trinajstić information content (AvgIpc) is 2.81. The van der Waals surface area contributed by atoms with Crippen molar-refractivity contribution in [1.29, 1.82) is 0 Å². The van der Waals surface area contributed by atoms with Gasteiger partial charge in [-0.2, -0.15) is 0 Å². The van der Waals surface area contributed by atoms with E-state index in [4.69, 9.17) is 21.7 Å². The van der Waals surface area contributed by atoms with Crippen LogP contribution in [0, 0.1) is 4.77 Å². The maximum Gasteiger partial charge on any atom is 0.242 e. The fourth-order valence-corrected chi connectivity index (χ4v) is 2.52. The number of fused-ring (bicyclic) bond motifs is 1. The molecule has 0 saturated heterocycles. The van der Waals surface area contributed by atoms with Crippen LogP contribution in [0.2, 0.25) is 0 Å². The first-order valence-corrected chi connectivity index (χ1v) is 7.04. The second-order valence-corrected chi connectivity index (χ2v) is 5.03. The van der Waals surface area contributed by atoms with Gasteiger partial charge in [0.1, 0.15) is 11.8 Å². The standard InChI is InChI=1S/C14H19N3O3S/c1-9(13(18)15-6-7-19-2)17-12-8-10(20-3)4-5-11(12)16-14(17)21/h4-5,8-9H,6-7H2,1-3H3,(H,15,18)(H,16,21). The zero-order valence-electron chi connectivity index (χ0n) is 12.3. The summed E-state index contributed by atoms with van der Waals surface area (Å²) in [7, 11) is 3.20. The Morgan fingerprint density at radius 2 is 2.24 bits per heavy atom. The molecule has 1 atom stereocenters. The molecule has 114 valence electrons. The Morgan fingerprint density at radius 3 is 2.90 bits per heavy atom. The number of carbonyl (C=O) groups excluding carboxylic acids is 1. The van der Waals surface area contributed by atoms with Gasteiger partial charge in [0.05, 0.1) is 24.8 Å². The summed E-state index contributed by atoms with van der Waals surface area (Å²) in [6.07, 6.45) is 0. The van der Waals surface area contributed by atoms with Crippen molar-refractivity contribution in [3.8, 4) is 5.75 Å². The van der Waals surface area contributed by atoms with Crippen LogP contribution >= 0.6 is 12.2 Å². The van der Waals surface area contributed by atoms with Crippen LogP contribution in [0.1, 0.15) is 13.0 Å². The molecule has 1 unspecified atom stereocenters. The molecule has 1 aromatic heterocycles. The molecule has 2 rings (SSSR count). The highest BCUT2D eigenvalue weighted by Crippen LogP contribution is 2.23. The molecule has 0 aliphatic rings. The van der Waals surface area contributed by atoms with Crippen LogP contribution in [-0.4, -0.2) is 42.8 Å². The topological polar surface area (TPSA) is 68.3 Å². The summed E-state index contributed by atoms with van der Waals surface area (Å²) in [5.41, 5.74) is 1.71. The molecule has 0 aliphatic carbocycles. The van der Waals surface area contributed by atoms with E-state index in [9.17, 15) is 4.79 Å². The van der Waals surface area contributed by atoms with Gasteiger partial charge in [-0.1, -0.05) is 0 Å². The van der Waals surface area contributed by atoms with Gasteiger partial charge < -0.3 is 24.3 Å². The highest BCUT2D eigenvalue weighted by molar-refractivity contribution is 7.71. The Kier molecular flexibility index (Phi) is 4.98. The van der Waals surface area contributed by atoms with E-state index in [2.05, 4.69) is 10.3 Å². The zero-order chi connectivity index (χ0) is 15.4. The maximum absolute atomic E-state index is 12.2. The maximum atomic E-state index is 12.2. The van der Waals surface area contributed by atoms with Crippen molar-refractivity contribution >= 4 is 29.2 Å². The highest BCUT2D eigenvalue weighted by Gasteiger charge is 2.18. The van der Waals surface area contributed by atoms with E-state index in [1.165, 1.54) is 0 Å². The Labute approximate surface area is 128 Å². The summed E-state index contributed by atoms with van der Waals surface area (Å²) in [6, 6.07) is 5.17. The molecule has 0 saturated carbocycles. The molecule has 0 bridgehead atoms. The van der Waals surface area contributed by atoms with Gasteiger partial charge in [-0.15, -0.1) is 0 Å². The average molecular weight is 309 g/mol. The number of hydrogen-bond donors (Lipinski definition) is 2. The molecule has 21 heavy (non-hydrogen) atoms. The molecular weight excluding hydrogens is 290 g/mol. The smallest absolute Gasteiger partial charge is 0.242 e. The lowest BCUT2D eigenvalue weighted by Gasteiger charge is -2.15. The van der Waals surface area contributed by atoms with Crippen molar-refractivity contribution in [2.75, 3.05) is 27.4 Å². The third kappa shape index (κ3) is 3.25. The minimum absolute atomic E-state index is 0.105. The summed E-state index contributed by atoms with van der Waals surface area (Å²) in [4.78, 5) is 15.3. The molecule has 1 heterocycles. The van der Waals surface area contributed by atoms with E-state index >= 15 is 0 Å². The SMILES string of the molecule is COCCNC(=O)C(C)n1c(=S)[nH]c2ccc(OC)cc21. The monoisotopic (exact) mass is 309 g/mol. The Balaban J connectivity index is 2.33. The summed E-state index contributed by atoms with van der Waals surface area (Å²) in [5.74, 6) is 0.615. The molecule has 0 fully saturated rings. The lowest BCUT2D eigenvalue weighted by molar-refractivity contribution is -0.124. The molecule has 0 spiro atoms. The number of methoxy groups -OCH3 is 2. The number of nitrogens with one attached hydrogen (secondary N) is 2. The van der Waals surface area contributed by atoms with Gasteiger partial charge in [0.15, 0.2) is 4.77 Å². The number of hydrogen-bond acceptors (Lipinski definition) is 4. The molecule has 2 N–H and O–H groups in total. The van der Waals surface area contributed by atoms with Crippen LogP contribution in [-0.2, 0) is 9.53 Å². The van der Waals surface area contributed by atoms with Crippen LogP contribution < -0.4 is 10.1 Å². The van der Waals surface area contributed by atoms with Crippen molar-refractivity contribution in [2.45, 2.75) is 13.0 Å². The van der Waals surface area contributed by atoms with Crippen LogP contribution in [0.3, 0.4) is 0 Å². The molecule has 0 aliphatic heterocycles. The summed E-state index contributed by atoms with van der Waals surface area (Å²) >= 11 is 5.33. The third-order valence-corrected chi connectivity index (χ3v) is 3.60. The van der Waals surface area contributed by atoms with Gasteiger partial charge in [-0.25, -0.2) is 0 Å². The van der Waals surface area contributed by atoms with Gasteiger partial charge in [-0.3, -0.25) is 4.79 Å². The number of aromatic nitrogens is 2. The number of carbonyl (C=O) groups is 1. The lowest BCUT2D eigenvalue weighted by atomic mass is 10.2. The second kappa shape index (κ2) is 6.73. The first-order chi connectivity index (χ1) is 10.1. The fourth-order valence-electron chi connectivity index (χ4n) is 2.15. The molecule has 1 aromatic carbocycles. The first kappa shape index (κ1) is 15.5. The number of rotatable bonds is 6. The first-order valence-electron chi connectivity index (χ1n) is 6.63. The minimum atomic E-state index is -0.421. The fraction of sp³-hybridized carbons (Fsp3) is 0.429. The summed E-state index contributed by atoms with van der Waals surface area (Å²) < 4.78 is 12.4. The van der Waals surface area contributed by atoms with E-state index in [1.54, 1.807) is 18.8 Å². The number of ether oxygens (including phenoxy) is 2. The molecular formula is C14H19N3O3S. The van der Waals surface area contributed by atoms with Crippen molar-refractivity contribution in [2.24, 2.45) is 0 Å². The Hall–Kier alpha value is -1.86. The molecule has 2 aromatic rings. The van der Waals surface area contributed by atoms with Crippen molar-refractivity contribution in [3.63, 3.8) is 0 Å². The van der Waals surface area contributed by atoms with Crippen molar-refractivity contribution < 1.29 is 14.3 Å². The van der Waals surface area contributed by atoms with Gasteiger partial charge in [0.2, 0.25) is 5.91 Å². The van der Waals surface area contributed by atoms with Gasteiger partial charge in [0, 0.05) is 19.7 Å². The van der Waals surface area contributed by atoms with Gasteiger partial charge in [0.25, 0.3) is 0 Å². The predicted octanol–water partition coefficient (Wildman–Crippen LogP) is 2.03. The number of H-pyrrole nitrogens is 1. The predicted molar refractivity (Wildman–Crippen MR) is 83.3 cm³/mol. The van der Waals surface area contributed by atoms with Crippen LogP contribution in [0.4, 0.5) is 0 Å². The van der Waals surface area contributed by atoms with E-state index in [1.807, 2.05) is 25.1 Å². The van der Waals surface area contributed by atoms with Crippen molar-refractivity contribution in [1.82, 2.24) is 14.9 Å². The largest absolute Gasteiger partial charge is 0.497 e. The summed E-state index contributed by atoms with van der Waals surface area (Å²) in [6.45, 7) is 2.76. The second-order valence-electron chi connectivity index (χ2n) is 4.64. The van der Waals surface area contributed by atoms with E-state index in [0.717, 1.165) is 16.8 Å². The Morgan fingerprint density at radius 1 is 1.48 bits per heavy atom. The lowest BCUT2D eigenvalue weighted by Crippen LogP contribution is -2.33. The number of amides is 1. The van der Waals surface area contributed by atoms with E-state index < -0.39 is 6.04 Å². The highest BCUT2D eigenvalue weighted by atomic mass is 32.1. The van der Waals surface area contributed by atoms with Crippen molar-refractivity contribution in [3.05, 3.63) is 23.0 Å². The quantitative estimate of drug-likeness (QED) is 0.633. The number of nitrogens with zero attached hydrogens (tertiary/aromatic N) is 1. The molecule has 1 amide bonds. The van der Waals surface area contributed by atoms with Crippen LogP contribution in [0.25, 0.3) is 11.0 Å². The van der Waals surface area contributed by atoms with Crippen LogP contribution in [0.15, 0.2) is 18.2 Å². The van der Waals surface area contributed by atoms with Crippen LogP contribution in [0.5, 0.6) is 5.75 Å².